The van der Waals surface area contributed by atoms with Crippen LogP contribution in [0.4, 0.5) is 0 Å². The zero-order valence-corrected chi connectivity index (χ0v) is 11.8. The number of carbonyl (C=O) groups excluding carboxylic acids is 1. The Balaban J connectivity index is 1.69. The molecular weight excluding hydrogens is 264 g/mol. The van der Waals surface area contributed by atoms with E-state index in [9.17, 15) is 4.79 Å². The van der Waals surface area contributed by atoms with Crippen LogP contribution in [0.3, 0.4) is 0 Å². The maximum absolute atomic E-state index is 12.0. The number of benzene rings is 1. The van der Waals surface area contributed by atoms with Crippen LogP contribution in [0.5, 0.6) is 0 Å². The van der Waals surface area contributed by atoms with Gasteiger partial charge in [0.1, 0.15) is 6.54 Å². The first-order chi connectivity index (χ1) is 10.2. The summed E-state index contributed by atoms with van der Waals surface area (Å²) < 4.78 is 1.73. The smallest absolute Gasteiger partial charge is 0.242 e. The summed E-state index contributed by atoms with van der Waals surface area (Å²) in [7, 11) is 0. The molecule has 0 spiro atoms. The van der Waals surface area contributed by atoms with Gasteiger partial charge in [0.05, 0.1) is 23.4 Å². The van der Waals surface area contributed by atoms with Crippen LogP contribution < -0.4 is 5.32 Å². The van der Waals surface area contributed by atoms with Gasteiger partial charge in [-0.15, -0.1) is 0 Å². The van der Waals surface area contributed by atoms with Crippen molar-refractivity contribution in [2.75, 3.05) is 0 Å². The lowest BCUT2D eigenvalue weighted by Crippen LogP contribution is -2.27. The van der Waals surface area contributed by atoms with Gasteiger partial charge in [-0.3, -0.25) is 14.5 Å². The van der Waals surface area contributed by atoms with Gasteiger partial charge in [0.2, 0.25) is 5.91 Å². The first kappa shape index (κ1) is 13.3. The van der Waals surface area contributed by atoms with E-state index in [0.717, 1.165) is 22.3 Å². The Bertz CT molecular complexity index is 764. The third kappa shape index (κ3) is 2.91. The number of hydrogen-bond acceptors (Lipinski definition) is 3. The fourth-order valence-corrected chi connectivity index (χ4v) is 2.30. The second kappa shape index (κ2) is 5.75. The lowest BCUT2D eigenvalue weighted by atomic mass is 10.2. The van der Waals surface area contributed by atoms with E-state index in [0.29, 0.717) is 6.54 Å². The maximum Gasteiger partial charge on any atom is 0.242 e. The largest absolute Gasteiger partial charge is 0.349 e. The number of amides is 1. The third-order valence-corrected chi connectivity index (χ3v) is 3.33. The zero-order valence-electron chi connectivity index (χ0n) is 11.8. The molecular formula is C16H16N4O. The summed E-state index contributed by atoms with van der Waals surface area (Å²) in [4.78, 5) is 16.2. The molecule has 5 heteroatoms. The van der Waals surface area contributed by atoms with E-state index < -0.39 is 0 Å². The highest BCUT2D eigenvalue weighted by Crippen LogP contribution is 2.17. The summed E-state index contributed by atoms with van der Waals surface area (Å²) in [5, 5.41) is 8.36. The van der Waals surface area contributed by atoms with Gasteiger partial charge >= 0.3 is 0 Å². The number of fused-ring (bicyclic) bond motifs is 1. The number of nitrogens with one attached hydrogen (secondary N) is 1. The molecule has 0 saturated heterocycles. The van der Waals surface area contributed by atoms with Crippen molar-refractivity contribution in [2.24, 2.45) is 0 Å². The van der Waals surface area contributed by atoms with Gasteiger partial charge in [0, 0.05) is 11.6 Å². The zero-order chi connectivity index (χ0) is 14.7. The molecule has 0 aliphatic heterocycles. The van der Waals surface area contributed by atoms with Crippen molar-refractivity contribution in [3.8, 4) is 0 Å². The van der Waals surface area contributed by atoms with Crippen molar-refractivity contribution >= 4 is 16.8 Å². The van der Waals surface area contributed by atoms with E-state index in [1.807, 2.05) is 49.4 Å². The first-order valence-corrected chi connectivity index (χ1v) is 6.83. The highest BCUT2D eigenvalue weighted by atomic mass is 16.2. The van der Waals surface area contributed by atoms with Gasteiger partial charge in [-0.25, -0.2) is 0 Å². The topological polar surface area (TPSA) is 59.8 Å². The van der Waals surface area contributed by atoms with Crippen molar-refractivity contribution in [1.29, 1.82) is 0 Å². The summed E-state index contributed by atoms with van der Waals surface area (Å²) in [5.74, 6) is -0.0751. The Morgan fingerprint density at radius 2 is 2.00 bits per heavy atom. The van der Waals surface area contributed by atoms with Crippen LogP contribution in [-0.2, 0) is 17.9 Å². The molecule has 0 saturated carbocycles. The van der Waals surface area contributed by atoms with Gasteiger partial charge in [-0.05, 0) is 25.1 Å². The molecule has 2 aromatic heterocycles. The fraction of sp³-hybridized carbons (Fsp3) is 0.188. The highest BCUT2D eigenvalue weighted by Gasteiger charge is 2.09. The molecule has 0 bridgehead atoms. The lowest BCUT2D eigenvalue weighted by Gasteiger charge is -2.06. The van der Waals surface area contributed by atoms with Crippen LogP contribution in [0.15, 0.2) is 48.7 Å². The average Bonchev–Trinajstić information content (AvgIpc) is 2.83. The molecule has 1 aromatic carbocycles. The Labute approximate surface area is 122 Å². The number of para-hydroxylation sites is 1. The molecule has 0 aliphatic rings. The Morgan fingerprint density at radius 3 is 2.81 bits per heavy atom. The molecule has 0 unspecified atom stereocenters. The van der Waals surface area contributed by atoms with E-state index in [1.54, 1.807) is 10.9 Å². The minimum Gasteiger partial charge on any atom is -0.349 e. The number of nitrogens with zero attached hydrogens (tertiary/aromatic N) is 3. The van der Waals surface area contributed by atoms with Crippen molar-refractivity contribution in [3.05, 3.63) is 60.0 Å². The van der Waals surface area contributed by atoms with Crippen molar-refractivity contribution in [2.45, 2.75) is 20.0 Å². The van der Waals surface area contributed by atoms with E-state index in [2.05, 4.69) is 15.4 Å². The van der Waals surface area contributed by atoms with Crippen LogP contribution in [-0.4, -0.2) is 20.7 Å². The normalized spacial score (nSPS) is 10.7. The summed E-state index contributed by atoms with van der Waals surface area (Å²) >= 11 is 0. The van der Waals surface area contributed by atoms with Crippen LogP contribution in [0.2, 0.25) is 0 Å². The van der Waals surface area contributed by atoms with Crippen molar-refractivity contribution in [3.63, 3.8) is 0 Å². The van der Waals surface area contributed by atoms with Crippen LogP contribution in [0.25, 0.3) is 10.9 Å². The number of pyridine rings is 1. The highest BCUT2D eigenvalue weighted by molar-refractivity contribution is 5.84. The van der Waals surface area contributed by atoms with E-state index in [1.165, 1.54) is 0 Å². The summed E-state index contributed by atoms with van der Waals surface area (Å²) in [6.07, 6.45) is 1.71. The van der Waals surface area contributed by atoms with Crippen LogP contribution >= 0.6 is 0 Å². The molecule has 106 valence electrons. The number of carbonyl (C=O) groups is 1. The van der Waals surface area contributed by atoms with E-state index in [-0.39, 0.29) is 12.5 Å². The molecule has 1 N–H and O–H groups in total. The van der Waals surface area contributed by atoms with Crippen LogP contribution in [0, 0.1) is 6.92 Å². The molecule has 0 fully saturated rings. The van der Waals surface area contributed by atoms with Crippen LogP contribution in [0.1, 0.15) is 11.4 Å². The minimum atomic E-state index is -0.0751. The molecule has 5 nitrogen and oxygen atoms in total. The Hall–Kier alpha value is -2.69. The number of aromatic nitrogens is 3. The first-order valence-electron chi connectivity index (χ1n) is 6.83. The summed E-state index contributed by atoms with van der Waals surface area (Å²) in [6.45, 7) is 2.59. The average molecular weight is 280 g/mol. The minimum absolute atomic E-state index is 0.0751. The molecule has 1 amide bonds. The van der Waals surface area contributed by atoms with Gasteiger partial charge in [0.15, 0.2) is 0 Å². The molecule has 0 aliphatic carbocycles. The van der Waals surface area contributed by atoms with Gasteiger partial charge in [0.25, 0.3) is 0 Å². The van der Waals surface area contributed by atoms with Crippen molar-refractivity contribution in [1.82, 2.24) is 20.1 Å². The molecule has 0 radical (unpaired) electrons. The molecule has 3 aromatic rings. The van der Waals surface area contributed by atoms with Gasteiger partial charge in [-0.2, -0.15) is 5.10 Å². The number of aryl methyl sites for hydroxylation is 1. The van der Waals surface area contributed by atoms with E-state index in [4.69, 9.17) is 0 Å². The van der Waals surface area contributed by atoms with E-state index >= 15 is 0 Å². The maximum atomic E-state index is 12.0. The Morgan fingerprint density at radius 1 is 1.19 bits per heavy atom. The van der Waals surface area contributed by atoms with Crippen molar-refractivity contribution < 1.29 is 4.79 Å². The second-order valence-electron chi connectivity index (χ2n) is 4.86. The summed E-state index contributed by atoms with van der Waals surface area (Å²) in [6, 6.07) is 13.5. The third-order valence-electron chi connectivity index (χ3n) is 3.33. The predicted molar refractivity (Wildman–Crippen MR) is 80.6 cm³/mol. The SMILES string of the molecule is Cc1nn(CC(=O)NCc2ccccn2)c2ccccc12. The van der Waals surface area contributed by atoms with Gasteiger partial charge in [-0.1, -0.05) is 24.3 Å². The standard InChI is InChI=1S/C16H16N4O/c1-12-14-7-2-3-8-15(14)20(19-12)11-16(21)18-10-13-6-4-5-9-17-13/h2-9H,10-11H2,1H3,(H,18,21). The molecule has 21 heavy (non-hydrogen) atoms. The lowest BCUT2D eigenvalue weighted by molar-refractivity contribution is -0.121. The fourth-order valence-electron chi connectivity index (χ4n) is 2.30. The molecule has 2 heterocycles. The molecule has 3 rings (SSSR count). The number of hydrogen-bond donors (Lipinski definition) is 1. The van der Waals surface area contributed by atoms with Gasteiger partial charge < -0.3 is 5.32 Å². The molecule has 0 atom stereocenters. The monoisotopic (exact) mass is 280 g/mol. The predicted octanol–water partition coefficient (Wildman–Crippen LogP) is 2.06. The summed E-state index contributed by atoms with van der Waals surface area (Å²) in [5.41, 5.74) is 2.75. The quantitative estimate of drug-likeness (QED) is 0.795. The number of rotatable bonds is 4. The Kier molecular flexibility index (Phi) is 3.64. The second-order valence-corrected chi connectivity index (χ2v) is 4.86.